The molecule has 2 heterocycles. The van der Waals surface area contributed by atoms with E-state index >= 15 is 0 Å². The summed E-state index contributed by atoms with van der Waals surface area (Å²) >= 11 is -4.29. The Balaban J connectivity index is 0.00000283. The van der Waals surface area contributed by atoms with Crippen molar-refractivity contribution in [1.29, 1.82) is 0 Å². The first kappa shape index (κ1) is 44.2. The molecule has 8 rings (SSSR count). The maximum absolute atomic E-state index is 6.78. The van der Waals surface area contributed by atoms with Gasteiger partial charge < -0.3 is 0 Å². The second-order valence-electron chi connectivity index (χ2n) is 18.8. The van der Waals surface area contributed by atoms with E-state index in [4.69, 9.17) is 8.83 Å². The van der Waals surface area contributed by atoms with E-state index in [-0.39, 0.29) is 32.1 Å². The zero-order chi connectivity index (χ0) is 40.4. The number of halogens is 2. The van der Waals surface area contributed by atoms with Crippen molar-refractivity contribution in [2.45, 2.75) is 99.6 Å². The van der Waals surface area contributed by atoms with E-state index < -0.39 is 17.4 Å². The van der Waals surface area contributed by atoms with Crippen molar-refractivity contribution in [2.75, 3.05) is 0 Å². The van der Waals surface area contributed by atoms with E-state index in [1.807, 2.05) is 0 Å². The van der Waals surface area contributed by atoms with E-state index in [9.17, 15) is 0 Å². The van der Waals surface area contributed by atoms with Gasteiger partial charge in [-0.3, -0.25) is 0 Å². The molecule has 0 radical (unpaired) electrons. The van der Waals surface area contributed by atoms with Crippen LogP contribution in [-0.4, -0.2) is 6.88 Å². The summed E-state index contributed by atoms with van der Waals surface area (Å²) in [5.74, 6) is 4.03. The second-order valence-corrected chi connectivity index (χ2v) is 49.3. The van der Waals surface area contributed by atoms with Gasteiger partial charge in [0.1, 0.15) is 0 Å². The molecule has 0 fully saturated rings. The largest absolute Gasteiger partial charge is 0.147 e. The van der Waals surface area contributed by atoms with Crippen molar-refractivity contribution in [3.05, 3.63) is 162 Å². The van der Waals surface area contributed by atoms with Gasteiger partial charge in [0.25, 0.3) is 0 Å². The van der Waals surface area contributed by atoms with Crippen LogP contribution in [0, 0.1) is 83.1 Å². The summed E-state index contributed by atoms with van der Waals surface area (Å²) in [5.41, 5.74) is 26.7. The van der Waals surface area contributed by atoms with Crippen LogP contribution in [0.15, 0.2) is 69.5 Å². The van der Waals surface area contributed by atoms with Gasteiger partial charge in [-0.15, -0.1) is 24.8 Å². The maximum Gasteiger partial charge on any atom is -0.147 e. The van der Waals surface area contributed by atoms with Gasteiger partial charge in [0.05, 0.1) is 0 Å². The molecular weight excluding hydrogens is 847 g/mol. The van der Waals surface area contributed by atoms with Crippen LogP contribution in [0.4, 0.5) is 0 Å². The van der Waals surface area contributed by atoms with Crippen LogP contribution < -0.4 is 0 Å². The van der Waals surface area contributed by atoms with Gasteiger partial charge in [0.2, 0.25) is 0 Å². The Hall–Kier alpha value is -3.40. The van der Waals surface area contributed by atoms with E-state index in [0.717, 1.165) is 23.0 Å². The Morgan fingerprint density at radius 2 is 0.776 bits per heavy atom. The van der Waals surface area contributed by atoms with Gasteiger partial charge in [0.15, 0.2) is 0 Å². The smallest absolute Gasteiger partial charge is 0.147 e. The van der Waals surface area contributed by atoms with Crippen LogP contribution in [0.25, 0.3) is 45.6 Å². The van der Waals surface area contributed by atoms with Crippen molar-refractivity contribution < 1.29 is 26.2 Å². The van der Waals surface area contributed by atoms with Gasteiger partial charge in [0, 0.05) is 0 Å². The van der Waals surface area contributed by atoms with E-state index in [1.54, 1.807) is 0 Å². The number of allylic oxidation sites excluding steroid dienone is 2. The minimum atomic E-state index is -4.29. The molecule has 58 heavy (non-hydrogen) atoms. The first-order valence-electron chi connectivity index (χ1n) is 20.3. The quantitative estimate of drug-likeness (QED) is 0.156. The van der Waals surface area contributed by atoms with Crippen LogP contribution in [0.5, 0.6) is 0 Å². The van der Waals surface area contributed by atoms with Crippen LogP contribution in [0.3, 0.4) is 0 Å². The number of aryl methyl sites for hydroxylation is 10. The average molecular weight is 907 g/mol. The third-order valence-electron chi connectivity index (χ3n) is 13.5. The van der Waals surface area contributed by atoms with Crippen LogP contribution in [0.2, 0.25) is 9.26 Å². The van der Waals surface area contributed by atoms with E-state index in [0.29, 0.717) is 0 Å². The molecule has 0 bridgehead atoms. The fraction of sp³-hybridized carbons (Fsp3) is 0.308. The van der Waals surface area contributed by atoms with Crippen molar-refractivity contribution in [1.82, 2.24) is 0 Å². The molecule has 6 aromatic rings. The standard InChI is InChI=1S/2C25H25O.2CH3.2ClH.H2Si.Zr/c2*1-14-7-15(2)9-22(8-14)25-18(5)16(3)10-20-12-21(13-23(20)25)24-11-17(4)19(6)26-24;;;;;;/h2*7-13H,1-6H3;2*1H3;2*1H;1H2;. The predicted molar refractivity (Wildman–Crippen MR) is 254 cm³/mol. The van der Waals surface area contributed by atoms with E-state index in [1.165, 1.54) is 111 Å². The van der Waals surface area contributed by atoms with Crippen molar-refractivity contribution >= 4 is 55.0 Å². The summed E-state index contributed by atoms with van der Waals surface area (Å²) in [7, 11) is 0. The molecule has 0 amide bonds. The number of rotatable bonds is 6. The number of hydrogen-bond donors (Lipinski definition) is 0. The molecule has 0 N–H and O–H groups in total. The summed E-state index contributed by atoms with van der Waals surface area (Å²) in [5, 5.41) is 0. The van der Waals surface area contributed by atoms with Crippen molar-refractivity contribution in [3.63, 3.8) is 0 Å². The Bertz CT molecular complexity index is 2550. The molecule has 0 aliphatic heterocycles. The predicted octanol–water partition coefficient (Wildman–Crippen LogP) is 15.0. The minimum Gasteiger partial charge on any atom is -0.147 e. The first-order chi connectivity index (χ1) is 26.2. The van der Waals surface area contributed by atoms with Gasteiger partial charge >= 0.3 is 340 Å². The molecule has 4 aromatic carbocycles. The molecule has 2 unspecified atom stereocenters. The SMILES string of the molecule is Cc1cc(C)cc(-c2c(C)c(C)cc3c2C=C(c2cc(C)c(C)o2)[CH]3[Zr]([CH3])([CH3])(=[SiH2])[CH]2C(c3cc(C)c(C)o3)=Cc3c2cc(C)c(C)c3-c2cc(C)cc(C)c2)c1.Cl.Cl. The number of furan rings is 2. The molecular formula is C52H60Cl2O2SiZr. The van der Waals surface area contributed by atoms with Crippen molar-refractivity contribution in [3.8, 4) is 22.3 Å². The van der Waals surface area contributed by atoms with E-state index in [2.05, 4.69) is 172 Å². The molecule has 2 nitrogen and oxygen atoms in total. The van der Waals surface area contributed by atoms with Crippen LogP contribution in [-0.2, 0) is 17.4 Å². The van der Waals surface area contributed by atoms with Crippen LogP contribution >= 0.6 is 24.8 Å². The third-order valence-corrected chi connectivity index (χ3v) is 30.7. The average Bonchev–Trinajstić information content (AvgIpc) is 3.84. The Morgan fingerprint density at radius 3 is 1.07 bits per heavy atom. The van der Waals surface area contributed by atoms with Crippen LogP contribution in [0.1, 0.15) is 108 Å². The Kier molecular flexibility index (Phi) is 11.6. The Labute approximate surface area is 361 Å². The molecule has 0 saturated heterocycles. The van der Waals surface area contributed by atoms with Gasteiger partial charge in [-0.25, -0.2) is 0 Å². The van der Waals surface area contributed by atoms with Gasteiger partial charge in [-0.1, -0.05) is 0 Å². The fourth-order valence-corrected chi connectivity index (χ4v) is 28.9. The van der Waals surface area contributed by atoms with Gasteiger partial charge in [-0.2, -0.15) is 0 Å². The molecule has 302 valence electrons. The molecule has 6 heteroatoms. The summed E-state index contributed by atoms with van der Waals surface area (Å²) in [6, 6.07) is 23.8. The Morgan fingerprint density at radius 1 is 0.448 bits per heavy atom. The zero-order valence-electron chi connectivity index (χ0n) is 36.9. The molecule has 2 atom stereocenters. The van der Waals surface area contributed by atoms with Gasteiger partial charge in [-0.05, 0) is 0 Å². The topological polar surface area (TPSA) is 26.3 Å². The normalized spacial score (nSPS) is 16.1. The molecule has 0 saturated carbocycles. The zero-order valence-corrected chi connectivity index (χ0v) is 42.4. The minimum absolute atomic E-state index is 0. The molecule has 0 spiro atoms. The summed E-state index contributed by atoms with van der Waals surface area (Å²) in [6.45, 7) is 29.1. The molecule has 2 aliphatic rings. The summed E-state index contributed by atoms with van der Waals surface area (Å²) in [4.78, 5) is 0. The summed E-state index contributed by atoms with van der Waals surface area (Å²) in [6.07, 6.45) is 5.07. The maximum atomic E-state index is 6.78. The fourth-order valence-electron chi connectivity index (χ4n) is 10.6. The number of fused-ring (bicyclic) bond motifs is 2. The number of hydrogen-bond acceptors (Lipinski definition) is 2. The second kappa shape index (κ2) is 15.3. The summed E-state index contributed by atoms with van der Waals surface area (Å²) < 4.78 is 19.5. The molecule has 2 aliphatic carbocycles. The monoisotopic (exact) mass is 904 g/mol. The molecule has 2 aromatic heterocycles. The van der Waals surface area contributed by atoms with Crippen molar-refractivity contribution in [2.24, 2.45) is 0 Å². The number of benzene rings is 4. The first-order valence-corrected chi connectivity index (χ1v) is 34.0. The third kappa shape index (κ3) is 7.08.